The van der Waals surface area contributed by atoms with Gasteiger partial charge in [0, 0.05) is 16.8 Å². The van der Waals surface area contributed by atoms with Crippen LogP contribution >= 0.6 is 11.6 Å². The van der Waals surface area contributed by atoms with Gasteiger partial charge in [0.05, 0.1) is 25.5 Å². The fourth-order valence-corrected chi connectivity index (χ4v) is 3.13. The number of nitrogens with zero attached hydrogens (tertiary/aromatic N) is 1. The molecule has 2 aromatic rings. The lowest BCUT2D eigenvalue weighted by Crippen LogP contribution is -2.27. The number of carbonyl (C=O) groups excluding carboxylic acids is 2. The predicted molar refractivity (Wildman–Crippen MR) is 109 cm³/mol. The molecule has 0 bridgehead atoms. The third-order valence-corrected chi connectivity index (χ3v) is 4.42. The van der Waals surface area contributed by atoms with Gasteiger partial charge in [0.2, 0.25) is 0 Å². The minimum absolute atomic E-state index is 0.0637. The summed E-state index contributed by atoms with van der Waals surface area (Å²) in [5.41, 5.74) is 2.56. The van der Waals surface area contributed by atoms with E-state index in [-0.39, 0.29) is 11.3 Å². The summed E-state index contributed by atoms with van der Waals surface area (Å²) in [7, 11) is 2.53. The van der Waals surface area contributed by atoms with E-state index in [1.165, 1.54) is 20.3 Å². The van der Waals surface area contributed by atoms with Gasteiger partial charge < -0.3 is 14.4 Å². The zero-order valence-electron chi connectivity index (χ0n) is 15.4. The van der Waals surface area contributed by atoms with Crippen LogP contribution in [0.1, 0.15) is 0 Å². The van der Waals surface area contributed by atoms with E-state index < -0.39 is 11.9 Å². The summed E-state index contributed by atoms with van der Waals surface area (Å²) in [5.74, 6) is -1.29. The summed E-state index contributed by atoms with van der Waals surface area (Å²) in [6, 6.07) is 14.9. The van der Waals surface area contributed by atoms with Crippen molar-refractivity contribution in [3.05, 3.63) is 89.3 Å². The molecule has 1 aliphatic heterocycles. The van der Waals surface area contributed by atoms with Crippen LogP contribution in [0.15, 0.2) is 84.2 Å². The van der Waals surface area contributed by atoms with Gasteiger partial charge in [0.25, 0.3) is 0 Å². The summed E-state index contributed by atoms with van der Waals surface area (Å²) in [5, 5.41) is 0.597. The van der Waals surface area contributed by atoms with Gasteiger partial charge in [-0.3, -0.25) is 0 Å². The highest BCUT2D eigenvalue weighted by atomic mass is 35.5. The quantitative estimate of drug-likeness (QED) is 0.713. The lowest BCUT2D eigenvalue weighted by Gasteiger charge is -2.25. The molecule has 0 spiro atoms. The Morgan fingerprint density at radius 2 is 1.68 bits per heavy atom. The number of benzene rings is 2. The number of ether oxygens (including phenoxy) is 2. The lowest BCUT2D eigenvalue weighted by molar-refractivity contribution is -0.139. The van der Waals surface area contributed by atoms with Crippen LogP contribution in [0.25, 0.3) is 11.1 Å². The number of hydrogen-bond donors (Lipinski definition) is 0. The normalized spacial score (nSPS) is 13.3. The second-order valence-corrected chi connectivity index (χ2v) is 6.28. The van der Waals surface area contributed by atoms with Crippen molar-refractivity contribution in [1.82, 2.24) is 0 Å². The molecule has 5 nitrogen and oxygen atoms in total. The maximum Gasteiger partial charge on any atom is 0.355 e. The minimum atomic E-state index is -0.655. The van der Waals surface area contributed by atoms with E-state index in [2.05, 4.69) is 0 Å². The average molecular weight is 396 g/mol. The van der Waals surface area contributed by atoms with Crippen LogP contribution in [0.2, 0.25) is 5.02 Å². The zero-order valence-corrected chi connectivity index (χ0v) is 16.1. The SMILES string of the molecule is COC(=O)C1=C(C(=O)OC)N(c2ccccc2-c2cccc(Cl)c2)C=CC=C1. The van der Waals surface area contributed by atoms with Gasteiger partial charge in [0.15, 0.2) is 0 Å². The first-order chi connectivity index (χ1) is 13.6. The van der Waals surface area contributed by atoms with E-state index in [9.17, 15) is 9.59 Å². The number of esters is 2. The minimum Gasteiger partial charge on any atom is -0.465 e. The number of carbonyl (C=O) groups is 2. The third-order valence-electron chi connectivity index (χ3n) is 4.19. The van der Waals surface area contributed by atoms with Gasteiger partial charge >= 0.3 is 11.9 Å². The number of rotatable bonds is 4. The van der Waals surface area contributed by atoms with Crippen LogP contribution in [0, 0.1) is 0 Å². The van der Waals surface area contributed by atoms with E-state index in [0.29, 0.717) is 10.7 Å². The Labute approximate surface area is 168 Å². The maximum atomic E-state index is 12.6. The second-order valence-electron chi connectivity index (χ2n) is 5.84. The third kappa shape index (κ3) is 3.85. The predicted octanol–water partition coefficient (Wildman–Crippen LogP) is 4.50. The maximum absolute atomic E-state index is 12.6. The summed E-state index contributed by atoms with van der Waals surface area (Å²) < 4.78 is 9.81. The highest BCUT2D eigenvalue weighted by Gasteiger charge is 2.28. The van der Waals surface area contributed by atoms with Crippen molar-refractivity contribution >= 4 is 29.2 Å². The smallest absolute Gasteiger partial charge is 0.355 e. The van der Waals surface area contributed by atoms with Crippen molar-refractivity contribution < 1.29 is 19.1 Å². The first-order valence-corrected chi connectivity index (χ1v) is 8.84. The molecule has 0 saturated heterocycles. The molecule has 3 rings (SSSR count). The number of para-hydroxylation sites is 1. The summed E-state index contributed by atoms with van der Waals surface area (Å²) >= 11 is 6.16. The van der Waals surface area contributed by atoms with Gasteiger partial charge in [-0.05, 0) is 35.9 Å². The Hall–Kier alpha value is -3.31. The number of allylic oxidation sites excluding steroid dienone is 2. The van der Waals surface area contributed by atoms with Crippen LogP contribution in [0.3, 0.4) is 0 Å². The van der Waals surface area contributed by atoms with Gasteiger partial charge in [-0.25, -0.2) is 9.59 Å². The van der Waals surface area contributed by atoms with E-state index >= 15 is 0 Å². The van der Waals surface area contributed by atoms with Crippen molar-refractivity contribution in [3.63, 3.8) is 0 Å². The molecule has 6 heteroatoms. The molecule has 2 aromatic carbocycles. The Morgan fingerprint density at radius 1 is 0.929 bits per heavy atom. The molecule has 0 unspecified atom stereocenters. The van der Waals surface area contributed by atoms with Crippen LogP contribution in [0.5, 0.6) is 0 Å². The highest BCUT2D eigenvalue weighted by Crippen LogP contribution is 2.36. The fraction of sp³-hybridized carbons (Fsp3) is 0.0909. The van der Waals surface area contributed by atoms with E-state index in [1.54, 1.807) is 29.3 Å². The van der Waals surface area contributed by atoms with E-state index in [1.807, 2.05) is 42.5 Å². The van der Waals surface area contributed by atoms with Crippen molar-refractivity contribution in [3.8, 4) is 11.1 Å². The van der Waals surface area contributed by atoms with Crippen LogP contribution in [-0.2, 0) is 19.1 Å². The van der Waals surface area contributed by atoms with Crippen LogP contribution < -0.4 is 4.90 Å². The Kier molecular flexibility index (Phi) is 5.96. The van der Waals surface area contributed by atoms with Crippen molar-refractivity contribution in [2.75, 3.05) is 19.1 Å². The zero-order chi connectivity index (χ0) is 20.1. The molecule has 1 heterocycles. The summed E-state index contributed by atoms with van der Waals surface area (Å²) in [4.78, 5) is 26.6. The Bertz CT molecular complexity index is 1010. The van der Waals surface area contributed by atoms with Gasteiger partial charge in [-0.2, -0.15) is 0 Å². The first-order valence-electron chi connectivity index (χ1n) is 8.46. The topological polar surface area (TPSA) is 55.8 Å². The number of methoxy groups -OCH3 is 2. The Morgan fingerprint density at radius 3 is 2.39 bits per heavy atom. The van der Waals surface area contributed by atoms with E-state index in [0.717, 1.165) is 11.1 Å². The molecule has 0 amide bonds. The monoisotopic (exact) mass is 395 g/mol. The number of anilines is 1. The molecule has 0 saturated carbocycles. The van der Waals surface area contributed by atoms with Crippen LogP contribution in [-0.4, -0.2) is 26.2 Å². The molecule has 0 radical (unpaired) electrons. The van der Waals surface area contributed by atoms with Crippen molar-refractivity contribution in [1.29, 1.82) is 0 Å². The molecular weight excluding hydrogens is 378 g/mol. The molecule has 0 aromatic heterocycles. The molecule has 0 aliphatic carbocycles. The highest BCUT2D eigenvalue weighted by molar-refractivity contribution is 6.30. The molecule has 28 heavy (non-hydrogen) atoms. The first kappa shape index (κ1) is 19.5. The second kappa shape index (κ2) is 8.59. The molecule has 0 fully saturated rings. The molecule has 142 valence electrons. The average Bonchev–Trinajstić information content (AvgIpc) is 2.95. The molecule has 1 aliphatic rings. The van der Waals surface area contributed by atoms with Crippen LogP contribution in [0.4, 0.5) is 5.69 Å². The summed E-state index contributed by atoms with van der Waals surface area (Å²) in [6.45, 7) is 0. The molecule has 0 N–H and O–H groups in total. The molecular formula is C22H18ClNO4. The summed E-state index contributed by atoms with van der Waals surface area (Å²) in [6.07, 6.45) is 6.61. The van der Waals surface area contributed by atoms with E-state index in [4.69, 9.17) is 21.1 Å². The fourth-order valence-electron chi connectivity index (χ4n) is 2.94. The van der Waals surface area contributed by atoms with Gasteiger partial charge in [-0.15, -0.1) is 0 Å². The largest absolute Gasteiger partial charge is 0.465 e. The molecule has 0 atom stereocenters. The number of halogens is 1. The standard InChI is InChI=1S/C22H18ClNO4/c1-27-21(25)18-11-5-6-13-24(20(18)22(26)28-2)19-12-4-3-10-17(19)15-8-7-9-16(23)14-15/h3-14H,1-2H3. The Balaban J connectivity index is 2.24. The number of hydrogen-bond acceptors (Lipinski definition) is 5. The van der Waals surface area contributed by atoms with Crippen molar-refractivity contribution in [2.24, 2.45) is 0 Å². The van der Waals surface area contributed by atoms with Crippen molar-refractivity contribution in [2.45, 2.75) is 0 Å². The lowest BCUT2D eigenvalue weighted by atomic mass is 10.0. The van der Waals surface area contributed by atoms with Gasteiger partial charge in [-0.1, -0.05) is 48.0 Å². The van der Waals surface area contributed by atoms with Gasteiger partial charge in [0.1, 0.15) is 5.70 Å².